The summed E-state index contributed by atoms with van der Waals surface area (Å²) >= 11 is 0. The molecule has 0 radical (unpaired) electrons. The van der Waals surface area contributed by atoms with Crippen LogP contribution in [0.15, 0.2) is 24.3 Å². The molecule has 1 aromatic carbocycles. The number of benzene rings is 1. The van der Waals surface area contributed by atoms with E-state index >= 15 is 0 Å². The van der Waals surface area contributed by atoms with E-state index in [4.69, 9.17) is 4.74 Å². The molecule has 1 heterocycles. The van der Waals surface area contributed by atoms with Crippen molar-refractivity contribution in [2.75, 3.05) is 19.3 Å². The molecule has 1 atom stereocenters. The maximum absolute atomic E-state index is 12.0. The Morgan fingerprint density at radius 2 is 1.82 bits per heavy atom. The van der Waals surface area contributed by atoms with Crippen LogP contribution in [0.2, 0.25) is 0 Å². The van der Waals surface area contributed by atoms with Gasteiger partial charge in [-0.15, -0.1) is 13.2 Å². The van der Waals surface area contributed by atoms with Crippen molar-refractivity contribution in [1.29, 1.82) is 0 Å². The number of piperidine rings is 1. The first-order chi connectivity index (χ1) is 10.3. The van der Waals surface area contributed by atoms with Crippen molar-refractivity contribution < 1.29 is 26.9 Å². The first kappa shape index (κ1) is 17.2. The summed E-state index contributed by atoms with van der Waals surface area (Å²) in [5, 5.41) is 0. The van der Waals surface area contributed by atoms with Gasteiger partial charge < -0.3 is 9.47 Å². The topological polar surface area (TPSA) is 38.8 Å². The van der Waals surface area contributed by atoms with Gasteiger partial charge in [-0.2, -0.15) is 0 Å². The maximum Gasteiger partial charge on any atom is 0.573 e. The summed E-state index contributed by atoms with van der Waals surface area (Å²) in [7, 11) is -0.946. The van der Waals surface area contributed by atoms with Crippen molar-refractivity contribution in [2.45, 2.75) is 31.9 Å². The molecule has 1 aliphatic rings. The lowest BCUT2D eigenvalue weighted by atomic mass is 10.1. The minimum Gasteiger partial charge on any atom is -0.406 e. The summed E-state index contributed by atoms with van der Waals surface area (Å²) in [5.74, 6) is -0.241. The molecule has 0 aliphatic carbocycles. The zero-order chi connectivity index (χ0) is 16.2. The molecule has 1 fully saturated rings. The van der Waals surface area contributed by atoms with Crippen LogP contribution in [0.3, 0.4) is 0 Å². The Morgan fingerprint density at radius 3 is 2.32 bits per heavy atom. The molecule has 0 N–H and O–H groups in total. The van der Waals surface area contributed by atoms with Crippen LogP contribution in [0, 0.1) is 0 Å². The largest absolute Gasteiger partial charge is 0.573 e. The molecule has 0 saturated carbocycles. The first-order valence-electron chi connectivity index (χ1n) is 6.88. The molecule has 1 aromatic rings. The van der Waals surface area contributed by atoms with Crippen molar-refractivity contribution >= 4 is 11.0 Å². The Balaban J connectivity index is 1.77. The van der Waals surface area contributed by atoms with Crippen LogP contribution in [-0.2, 0) is 22.3 Å². The third kappa shape index (κ3) is 5.58. The summed E-state index contributed by atoms with van der Waals surface area (Å²) in [6.07, 6.45) is -1.33. The van der Waals surface area contributed by atoms with E-state index < -0.39 is 17.3 Å². The molecule has 1 unspecified atom stereocenters. The molecule has 8 heteroatoms. The number of halogens is 3. The lowest BCUT2D eigenvalue weighted by Crippen LogP contribution is -2.37. The molecular formula is C14H18F3NO3S. The molecule has 0 amide bonds. The quantitative estimate of drug-likeness (QED) is 0.829. The van der Waals surface area contributed by atoms with Gasteiger partial charge in [0.15, 0.2) is 0 Å². The highest BCUT2D eigenvalue weighted by Crippen LogP contribution is 2.23. The third-order valence-corrected chi connectivity index (χ3v) is 4.50. The standard InChI is InChI=1S/C14H18F3NO3S/c1-22(19)18-8-6-12(7-9-18)20-10-11-2-4-13(5-3-11)21-14(15,16)17/h2-5,12H,6-10H2,1H3. The zero-order valence-corrected chi connectivity index (χ0v) is 13.0. The van der Waals surface area contributed by atoms with Gasteiger partial charge in [0, 0.05) is 19.3 Å². The van der Waals surface area contributed by atoms with E-state index in [1.165, 1.54) is 12.1 Å². The summed E-state index contributed by atoms with van der Waals surface area (Å²) in [4.78, 5) is 0. The van der Waals surface area contributed by atoms with Gasteiger partial charge in [-0.3, -0.25) is 0 Å². The molecule has 2 rings (SSSR count). The van der Waals surface area contributed by atoms with Gasteiger partial charge in [0.05, 0.1) is 23.7 Å². The third-order valence-electron chi connectivity index (χ3n) is 3.41. The Bertz CT molecular complexity index is 499. The molecule has 0 bridgehead atoms. The number of nitrogens with zero attached hydrogens (tertiary/aromatic N) is 1. The molecule has 0 aromatic heterocycles. The maximum atomic E-state index is 12.0. The van der Waals surface area contributed by atoms with Gasteiger partial charge in [0.25, 0.3) is 0 Å². The van der Waals surface area contributed by atoms with Crippen molar-refractivity contribution in [1.82, 2.24) is 4.31 Å². The molecule has 22 heavy (non-hydrogen) atoms. The monoisotopic (exact) mass is 337 g/mol. The van der Waals surface area contributed by atoms with Crippen LogP contribution in [0.1, 0.15) is 18.4 Å². The highest BCUT2D eigenvalue weighted by Gasteiger charge is 2.31. The minimum absolute atomic E-state index is 0.0888. The van der Waals surface area contributed by atoms with Gasteiger partial charge in [0.2, 0.25) is 0 Å². The van der Waals surface area contributed by atoms with Crippen LogP contribution >= 0.6 is 0 Å². The smallest absolute Gasteiger partial charge is 0.406 e. The van der Waals surface area contributed by atoms with Crippen molar-refractivity contribution in [2.24, 2.45) is 0 Å². The average molecular weight is 337 g/mol. The molecule has 1 saturated heterocycles. The Morgan fingerprint density at radius 1 is 1.23 bits per heavy atom. The first-order valence-corrected chi connectivity index (χ1v) is 8.40. The van der Waals surface area contributed by atoms with E-state index in [0.29, 0.717) is 6.61 Å². The fraction of sp³-hybridized carbons (Fsp3) is 0.571. The van der Waals surface area contributed by atoms with Crippen LogP contribution in [-0.4, -0.2) is 40.3 Å². The van der Waals surface area contributed by atoms with Crippen molar-refractivity contribution in [3.8, 4) is 5.75 Å². The Labute approximate surface area is 129 Å². The lowest BCUT2D eigenvalue weighted by Gasteiger charge is -2.29. The van der Waals surface area contributed by atoms with E-state index in [0.717, 1.165) is 31.5 Å². The number of ether oxygens (including phenoxy) is 2. The summed E-state index contributed by atoms with van der Waals surface area (Å²) < 4.78 is 58.9. The minimum atomic E-state index is -4.68. The van der Waals surface area contributed by atoms with E-state index in [1.807, 2.05) is 4.31 Å². The van der Waals surface area contributed by atoms with Gasteiger partial charge >= 0.3 is 6.36 Å². The predicted octanol–water partition coefficient (Wildman–Crippen LogP) is 2.86. The van der Waals surface area contributed by atoms with Crippen molar-refractivity contribution in [3.63, 3.8) is 0 Å². The van der Waals surface area contributed by atoms with Crippen LogP contribution < -0.4 is 4.74 Å². The highest BCUT2D eigenvalue weighted by atomic mass is 32.2. The number of hydrogen-bond donors (Lipinski definition) is 0. The van der Waals surface area contributed by atoms with Crippen molar-refractivity contribution in [3.05, 3.63) is 29.8 Å². The zero-order valence-electron chi connectivity index (χ0n) is 12.1. The molecule has 1 aliphatic heterocycles. The summed E-state index contributed by atoms with van der Waals surface area (Å²) in [5.41, 5.74) is 0.788. The number of hydrogen-bond acceptors (Lipinski definition) is 3. The fourth-order valence-corrected chi connectivity index (χ4v) is 2.98. The normalized spacial score (nSPS) is 19.1. The molecule has 124 valence electrons. The van der Waals surface area contributed by atoms with E-state index in [-0.39, 0.29) is 11.9 Å². The Hall–Kier alpha value is -1.12. The molecular weight excluding hydrogens is 319 g/mol. The second-order valence-electron chi connectivity index (χ2n) is 5.05. The predicted molar refractivity (Wildman–Crippen MR) is 76.6 cm³/mol. The van der Waals surface area contributed by atoms with E-state index in [2.05, 4.69) is 4.74 Å². The van der Waals surface area contributed by atoms with Gasteiger partial charge in [-0.1, -0.05) is 12.1 Å². The molecule has 0 spiro atoms. The van der Waals surface area contributed by atoms with Crippen LogP contribution in [0.4, 0.5) is 13.2 Å². The van der Waals surface area contributed by atoms with Crippen LogP contribution in [0.25, 0.3) is 0 Å². The Kier molecular flexibility index (Phi) is 5.82. The number of alkyl halides is 3. The van der Waals surface area contributed by atoms with Crippen LogP contribution in [0.5, 0.6) is 5.75 Å². The van der Waals surface area contributed by atoms with Gasteiger partial charge in [-0.25, -0.2) is 8.51 Å². The SMILES string of the molecule is CS(=O)N1CCC(OCc2ccc(OC(F)(F)F)cc2)CC1. The lowest BCUT2D eigenvalue weighted by molar-refractivity contribution is -0.274. The summed E-state index contributed by atoms with van der Waals surface area (Å²) in [6.45, 7) is 1.80. The molecule has 4 nitrogen and oxygen atoms in total. The van der Waals surface area contributed by atoms with E-state index in [9.17, 15) is 17.4 Å². The summed E-state index contributed by atoms with van der Waals surface area (Å²) in [6, 6.07) is 5.65. The van der Waals surface area contributed by atoms with E-state index in [1.54, 1.807) is 18.4 Å². The average Bonchev–Trinajstić information content (AvgIpc) is 2.45. The highest BCUT2D eigenvalue weighted by molar-refractivity contribution is 7.81. The second kappa shape index (κ2) is 7.43. The number of rotatable bonds is 5. The van der Waals surface area contributed by atoms with Gasteiger partial charge in [0.1, 0.15) is 5.75 Å². The fourth-order valence-electron chi connectivity index (χ4n) is 2.26. The van der Waals surface area contributed by atoms with Gasteiger partial charge in [-0.05, 0) is 30.5 Å². The second-order valence-corrected chi connectivity index (χ2v) is 6.42.